The van der Waals surface area contributed by atoms with Gasteiger partial charge in [0, 0.05) is 13.3 Å². The third-order valence-electron chi connectivity index (χ3n) is 11.7. The normalized spacial score (nSPS) is 46.0. The van der Waals surface area contributed by atoms with E-state index in [0.29, 0.717) is 17.3 Å². The Morgan fingerprint density at radius 3 is 2.38 bits per heavy atom. The lowest BCUT2D eigenvalue weighted by molar-refractivity contribution is -0.157. The summed E-state index contributed by atoms with van der Waals surface area (Å²) < 4.78 is 5.64. The van der Waals surface area contributed by atoms with Crippen molar-refractivity contribution < 1.29 is 9.53 Å². The maximum atomic E-state index is 11.6. The van der Waals surface area contributed by atoms with E-state index in [4.69, 9.17) is 16.3 Å². The first kappa shape index (κ1) is 26.6. The van der Waals surface area contributed by atoms with Gasteiger partial charge in [-0.15, -0.1) is 11.6 Å². The van der Waals surface area contributed by atoms with Crippen molar-refractivity contribution in [3.63, 3.8) is 0 Å². The van der Waals surface area contributed by atoms with Crippen molar-refractivity contribution in [1.29, 1.82) is 0 Å². The molecule has 0 aromatic carbocycles. The van der Waals surface area contributed by atoms with Crippen LogP contribution in [0.3, 0.4) is 0 Å². The highest BCUT2D eigenvalue weighted by Gasteiger charge is 2.64. The van der Waals surface area contributed by atoms with Crippen molar-refractivity contribution in [3.8, 4) is 0 Å². The van der Waals surface area contributed by atoms with E-state index in [-0.39, 0.29) is 22.4 Å². The molecule has 3 heteroatoms. The molecule has 0 N–H and O–H groups in total. The summed E-state index contributed by atoms with van der Waals surface area (Å²) in [6, 6.07) is 0. The zero-order valence-electron chi connectivity index (χ0n) is 23.0. The van der Waals surface area contributed by atoms with E-state index < -0.39 is 0 Å². The third kappa shape index (κ3) is 4.41. The van der Waals surface area contributed by atoms with Crippen molar-refractivity contribution in [2.75, 3.05) is 0 Å². The minimum Gasteiger partial charge on any atom is -0.462 e. The molecule has 4 aliphatic carbocycles. The number of esters is 1. The number of carbonyl (C=O) groups excluding carboxylic acids is 1. The van der Waals surface area contributed by atoms with E-state index in [1.807, 2.05) is 0 Å². The zero-order valence-corrected chi connectivity index (χ0v) is 23.8. The van der Waals surface area contributed by atoms with Crippen LogP contribution < -0.4 is 0 Å². The van der Waals surface area contributed by atoms with Gasteiger partial charge in [0.2, 0.25) is 0 Å². The van der Waals surface area contributed by atoms with E-state index in [2.05, 4.69) is 53.7 Å². The summed E-state index contributed by atoms with van der Waals surface area (Å²) in [6.07, 6.45) is 17.1. The van der Waals surface area contributed by atoms with Gasteiger partial charge in [-0.1, -0.05) is 53.7 Å². The summed E-state index contributed by atoms with van der Waals surface area (Å²) in [6.45, 7) is 16.2. The van der Waals surface area contributed by atoms with Crippen molar-refractivity contribution in [1.82, 2.24) is 0 Å². The number of rotatable bonds is 6. The van der Waals surface area contributed by atoms with Gasteiger partial charge in [-0.05, 0) is 110 Å². The van der Waals surface area contributed by atoms with Crippen molar-refractivity contribution in [3.05, 3.63) is 12.2 Å². The number of fused-ring (bicyclic) bond motifs is 5. The van der Waals surface area contributed by atoms with Crippen LogP contribution in [0.1, 0.15) is 113 Å². The number of carbonyl (C=O) groups is 1. The standard InChI is InChI=1S/C31H51ClO2/c1-8-23(20(2)3)10-9-21(4)26-11-12-27-25-14-18-31(32)19-24(34-22(5)33)13-17-30(31,7)28(25)15-16-29(26,27)6/h9-10,20-21,23-28H,8,11-19H2,1-7H3/b10-9+/t21-,23+,24+,25-,26-,27+,28+,29+,30+,31+/m0/s1. The lowest BCUT2D eigenvalue weighted by atomic mass is 9.44. The predicted octanol–water partition coefficient (Wildman–Crippen LogP) is 8.81. The van der Waals surface area contributed by atoms with Crippen molar-refractivity contribution >= 4 is 17.6 Å². The van der Waals surface area contributed by atoms with Gasteiger partial charge in [-0.3, -0.25) is 4.79 Å². The molecule has 4 fully saturated rings. The second kappa shape index (κ2) is 9.75. The van der Waals surface area contributed by atoms with Crippen molar-refractivity contribution in [2.24, 2.45) is 52.3 Å². The highest BCUT2D eigenvalue weighted by Crippen LogP contribution is 2.70. The summed E-state index contributed by atoms with van der Waals surface area (Å²) >= 11 is 7.48. The zero-order chi connectivity index (χ0) is 24.9. The SMILES string of the molecule is CC[C@H](/C=C/[C@H](C)[C@@H]1CC[C@@H]2[C@@H]3CC[C@@]4(Cl)C[C@H](OC(C)=O)CC[C@]4(C)[C@@H]3CC[C@@]21C)C(C)C. The van der Waals surface area contributed by atoms with Crippen LogP contribution in [0.2, 0.25) is 0 Å². The van der Waals surface area contributed by atoms with Gasteiger partial charge in [0.15, 0.2) is 0 Å². The predicted molar refractivity (Wildman–Crippen MR) is 143 cm³/mol. The molecule has 0 heterocycles. The van der Waals surface area contributed by atoms with Gasteiger partial charge in [0.1, 0.15) is 6.10 Å². The highest BCUT2D eigenvalue weighted by atomic mass is 35.5. The Bertz CT molecular complexity index is 775. The lowest BCUT2D eigenvalue weighted by Crippen LogP contribution is -2.60. The summed E-state index contributed by atoms with van der Waals surface area (Å²) in [5, 5.41) is 0. The van der Waals surface area contributed by atoms with Gasteiger partial charge in [0.25, 0.3) is 0 Å². The first-order chi connectivity index (χ1) is 15.9. The van der Waals surface area contributed by atoms with Gasteiger partial charge < -0.3 is 4.74 Å². The fourth-order valence-electron chi connectivity index (χ4n) is 9.68. The molecular weight excluding hydrogens is 440 g/mol. The Morgan fingerprint density at radius 1 is 1.00 bits per heavy atom. The molecule has 0 bridgehead atoms. The highest BCUT2D eigenvalue weighted by molar-refractivity contribution is 6.24. The quantitative estimate of drug-likeness (QED) is 0.211. The van der Waals surface area contributed by atoms with Gasteiger partial charge in [-0.25, -0.2) is 0 Å². The number of ether oxygens (including phenoxy) is 1. The Balaban J connectivity index is 1.50. The second-order valence-electron chi connectivity index (χ2n) is 13.6. The Kier molecular flexibility index (Phi) is 7.62. The number of allylic oxidation sites excluding steroid dienone is 2. The topological polar surface area (TPSA) is 26.3 Å². The Morgan fingerprint density at radius 2 is 1.74 bits per heavy atom. The number of halogens is 1. The van der Waals surface area contributed by atoms with E-state index in [1.165, 1.54) is 45.4 Å². The number of hydrogen-bond acceptors (Lipinski definition) is 2. The molecule has 10 atom stereocenters. The van der Waals surface area contributed by atoms with Crippen LogP contribution in [0, 0.1) is 52.3 Å². The van der Waals surface area contributed by atoms with Crippen LogP contribution in [0.25, 0.3) is 0 Å². The largest absolute Gasteiger partial charge is 0.462 e. The van der Waals surface area contributed by atoms with E-state index >= 15 is 0 Å². The summed E-state index contributed by atoms with van der Waals surface area (Å²) in [4.78, 5) is 11.4. The summed E-state index contributed by atoms with van der Waals surface area (Å²) in [5.74, 6) is 5.16. The van der Waals surface area contributed by atoms with Crippen LogP contribution in [0.5, 0.6) is 0 Å². The average molecular weight is 491 g/mol. The maximum absolute atomic E-state index is 11.6. The number of hydrogen-bond donors (Lipinski definition) is 0. The molecule has 4 rings (SSSR count). The van der Waals surface area contributed by atoms with E-state index in [9.17, 15) is 4.79 Å². The minimum atomic E-state index is -0.208. The Labute approximate surface area is 215 Å². The van der Waals surface area contributed by atoms with Gasteiger partial charge in [-0.2, -0.15) is 0 Å². The molecule has 0 radical (unpaired) electrons. The fourth-order valence-corrected chi connectivity index (χ4v) is 10.2. The fraction of sp³-hybridized carbons (Fsp3) is 0.903. The molecule has 2 nitrogen and oxygen atoms in total. The second-order valence-corrected chi connectivity index (χ2v) is 14.3. The third-order valence-corrected chi connectivity index (χ3v) is 12.5. The molecule has 4 aliphatic rings. The van der Waals surface area contributed by atoms with Crippen LogP contribution in [-0.4, -0.2) is 16.9 Å². The molecule has 0 amide bonds. The minimum absolute atomic E-state index is 0.00904. The lowest BCUT2D eigenvalue weighted by Gasteiger charge is -2.64. The van der Waals surface area contributed by atoms with Crippen LogP contribution in [0.4, 0.5) is 0 Å². The first-order valence-electron chi connectivity index (χ1n) is 14.5. The molecule has 0 aromatic heterocycles. The molecule has 0 aromatic rings. The smallest absolute Gasteiger partial charge is 0.302 e. The Hall–Kier alpha value is -0.500. The van der Waals surface area contributed by atoms with Crippen molar-refractivity contribution in [2.45, 2.75) is 124 Å². The molecule has 0 saturated heterocycles. The summed E-state index contributed by atoms with van der Waals surface area (Å²) in [5.41, 5.74) is 0.646. The molecule has 0 aliphatic heterocycles. The molecular formula is C31H51ClO2. The van der Waals surface area contributed by atoms with Crippen LogP contribution >= 0.6 is 11.6 Å². The van der Waals surface area contributed by atoms with Crippen LogP contribution in [0.15, 0.2) is 12.2 Å². The number of alkyl halides is 1. The van der Waals surface area contributed by atoms with Gasteiger partial charge >= 0.3 is 5.97 Å². The van der Waals surface area contributed by atoms with Crippen LogP contribution in [-0.2, 0) is 9.53 Å². The molecule has 0 spiro atoms. The molecule has 4 saturated carbocycles. The van der Waals surface area contributed by atoms with Gasteiger partial charge in [0.05, 0.1) is 4.87 Å². The maximum Gasteiger partial charge on any atom is 0.302 e. The molecule has 0 unspecified atom stereocenters. The summed E-state index contributed by atoms with van der Waals surface area (Å²) in [7, 11) is 0. The molecule has 34 heavy (non-hydrogen) atoms. The van der Waals surface area contributed by atoms with E-state index in [0.717, 1.165) is 55.3 Å². The molecule has 194 valence electrons. The average Bonchev–Trinajstić information content (AvgIpc) is 3.11. The first-order valence-corrected chi connectivity index (χ1v) is 14.9. The van der Waals surface area contributed by atoms with E-state index in [1.54, 1.807) is 0 Å². The monoisotopic (exact) mass is 490 g/mol.